The van der Waals surface area contributed by atoms with Crippen LogP contribution in [0.1, 0.15) is 28.7 Å². The highest BCUT2D eigenvalue weighted by molar-refractivity contribution is 5.90. The van der Waals surface area contributed by atoms with Crippen molar-refractivity contribution in [1.29, 1.82) is 0 Å². The minimum absolute atomic E-state index is 0.117. The third-order valence-corrected chi connectivity index (χ3v) is 3.76. The summed E-state index contributed by atoms with van der Waals surface area (Å²) in [6.07, 6.45) is 0. The Kier molecular flexibility index (Phi) is 5.71. The molecule has 0 aliphatic carbocycles. The lowest BCUT2D eigenvalue weighted by Crippen LogP contribution is -2.06. The molecule has 7 heteroatoms. The van der Waals surface area contributed by atoms with E-state index in [0.717, 1.165) is 11.1 Å². The predicted octanol–water partition coefficient (Wildman–Crippen LogP) is 3.81. The first-order valence-corrected chi connectivity index (χ1v) is 8.48. The van der Waals surface area contributed by atoms with E-state index >= 15 is 0 Å². The zero-order chi connectivity index (χ0) is 19.2. The average Bonchev–Trinajstić information content (AvgIpc) is 3.15. The van der Waals surface area contributed by atoms with Crippen LogP contribution in [0.2, 0.25) is 0 Å². The predicted molar refractivity (Wildman–Crippen MR) is 97.8 cm³/mol. The lowest BCUT2D eigenvalue weighted by atomic mass is 10.1. The number of esters is 1. The smallest absolute Gasteiger partial charge is 0.338 e. The summed E-state index contributed by atoms with van der Waals surface area (Å²) in [7, 11) is 1.54. The summed E-state index contributed by atoms with van der Waals surface area (Å²) in [5.74, 6) is 1.11. The van der Waals surface area contributed by atoms with Crippen LogP contribution in [0.5, 0.6) is 11.5 Å². The number of methoxy groups -OCH3 is 1. The highest BCUT2D eigenvalue weighted by Gasteiger charge is 2.15. The summed E-state index contributed by atoms with van der Waals surface area (Å²) in [5, 5.41) is 7.92. The van der Waals surface area contributed by atoms with Gasteiger partial charge in [0, 0.05) is 5.56 Å². The lowest BCUT2D eigenvalue weighted by molar-refractivity contribution is 0.0438. The Balaban J connectivity index is 1.67. The van der Waals surface area contributed by atoms with E-state index in [1.807, 2.05) is 38.1 Å². The van der Waals surface area contributed by atoms with Gasteiger partial charge in [0.05, 0.1) is 19.3 Å². The quantitative estimate of drug-likeness (QED) is 0.586. The van der Waals surface area contributed by atoms with Gasteiger partial charge in [-0.05, 0) is 44.2 Å². The maximum atomic E-state index is 12.3. The molecule has 0 amide bonds. The number of carbonyl (C=O) groups excluding carboxylic acids is 1. The fourth-order valence-corrected chi connectivity index (χ4v) is 2.49. The Morgan fingerprint density at radius 3 is 2.70 bits per heavy atom. The summed E-state index contributed by atoms with van der Waals surface area (Å²) in [6.45, 7) is 4.17. The van der Waals surface area contributed by atoms with Gasteiger partial charge in [0.2, 0.25) is 5.89 Å². The molecule has 0 aliphatic rings. The second-order valence-corrected chi connectivity index (χ2v) is 5.75. The van der Waals surface area contributed by atoms with E-state index in [9.17, 15) is 4.79 Å². The molecule has 0 aliphatic heterocycles. The molecule has 1 aromatic heterocycles. The van der Waals surface area contributed by atoms with Gasteiger partial charge in [-0.15, -0.1) is 10.2 Å². The summed E-state index contributed by atoms with van der Waals surface area (Å²) in [5.41, 5.74) is 2.25. The molecule has 2 aromatic carbocycles. The molecule has 0 saturated carbocycles. The van der Waals surface area contributed by atoms with Gasteiger partial charge in [0.1, 0.15) is 0 Å². The highest BCUT2D eigenvalue weighted by Crippen LogP contribution is 2.28. The van der Waals surface area contributed by atoms with E-state index in [2.05, 4.69) is 10.2 Å². The molecule has 3 aromatic rings. The van der Waals surface area contributed by atoms with Crippen LogP contribution in [-0.4, -0.2) is 29.9 Å². The Hall–Kier alpha value is -3.35. The largest absolute Gasteiger partial charge is 0.493 e. The number of nitrogens with zero attached hydrogens (tertiary/aromatic N) is 2. The van der Waals surface area contributed by atoms with Crippen molar-refractivity contribution >= 4 is 5.97 Å². The van der Waals surface area contributed by atoms with Crippen molar-refractivity contribution in [3.05, 3.63) is 59.5 Å². The Morgan fingerprint density at radius 1 is 1.11 bits per heavy atom. The van der Waals surface area contributed by atoms with Gasteiger partial charge in [-0.25, -0.2) is 4.79 Å². The number of benzene rings is 2. The fourth-order valence-electron chi connectivity index (χ4n) is 2.49. The van der Waals surface area contributed by atoms with E-state index in [4.69, 9.17) is 18.6 Å². The summed E-state index contributed by atoms with van der Waals surface area (Å²) < 4.78 is 21.5. The second kappa shape index (κ2) is 8.35. The summed E-state index contributed by atoms with van der Waals surface area (Å²) >= 11 is 0. The topological polar surface area (TPSA) is 83.7 Å². The van der Waals surface area contributed by atoms with Crippen molar-refractivity contribution in [3.8, 4) is 23.0 Å². The van der Waals surface area contributed by atoms with E-state index < -0.39 is 5.97 Å². The number of carbonyl (C=O) groups is 1. The number of aryl methyl sites for hydroxylation is 1. The molecular formula is C20H20N2O5. The van der Waals surface area contributed by atoms with Crippen LogP contribution in [0, 0.1) is 6.92 Å². The van der Waals surface area contributed by atoms with E-state index in [1.54, 1.807) is 18.2 Å². The van der Waals surface area contributed by atoms with Gasteiger partial charge in [0.25, 0.3) is 5.89 Å². The molecule has 27 heavy (non-hydrogen) atoms. The van der Waals surface area contributed by atoms with Crippen LogP contribution in [0.15, 0.2) is 46.9 Å². The van der Waals surface area contributed by atoms with Gasteiger partial charge in [-0.2, -0.15) is 0 Å². The number of hydrogen-bond donors (Lipinski definition) is 0. The fraction of sp³-hybridized carbons (Fsp3) is 0.250. The van der Waals surface area contributed by atoms with Gasteiger partial charge in [-0.3, -0.25) is 0 Å². The molecule has 7 nitrogen and oxygen atoms in total. The molecule has 0 unspecified atom stereocenters. The zero-order valence-electron chi connectivity index (χ0n) is 15.4. The molecule has 0 fully saturated rings. The summed E-state index contributed by atoms with van der Waals surface area (Å²) in [4.78, 5) is 12.3. The Morgan fingerprint density at radius 2 is 1.96 bits per heavy atom. The van der Waals surface area contributed by atoms with Crippen LogP contribution in [-0.2, 0) is 11.3 Å². The molecule has 0 radical (unpaired) electrons. The maximum Gasteiger partial charge on any atom is 0.338 e. The van der Waals surface area contributed by atoms with Crippen LogP contribution in [0.4, 0.5) is 0 Å². The number of hydrogen-bond acceptors (Lipinski definition) is 7. The molecule has 140 valence electrons. The Labute approximate surface area is 156 Å². The van der Waals surface area contributed by atoms with Crippen molar-refractivity contribution in [1.82, 2.24) is 10.2 Å². The van der Waals surface area contributed by atoms with Crippen molar-refractivity contribution in [2.75, 3.05) is 13.7 Å². The summed E-state index contributed by atoms with van der Waals surface area (Å²) in [6, 6.07) is 12.6. The second-order valence-electron chi connectivity index (χ2n) is 5.75. The van der Waals surface area contributed by atoms with Crippen molar-refractivity contribution in [3.63, 3.8) is 0 Å². The highest BCUT2D eigenvalue weighted by atomic mass is 16.5. The first-order chi connectivity index (χ1) is 13.1. The van der Waals surface area contributed by atoms with Crippen LogP contribution >= 0.6 is 0 Å². The van der Waals surface area contributed by atoms with Crippen LogP contribution < -0.4 is 9.47 Å². The minimum atomic E-state index is -0.520. The van der Waals surface area contributed by atoms with Gasteiger partial charge in [0.15, 0.2) is 18.1 Å². The lowest BCUT2D eigenvalue weighted by Gasteiger charge is -2.10. The van der Waals surface area contributed by atoms with Crippen LogP contribution in [0.3, 0.4) is 0 Å². The van der Waals surface area contributed by atoms with Crippen molar-refractivity contribution in [2.45, 2.75) is 20.5 Å². The zero-order valence-corrected chi connectivity index (χ0v) is 15.4. The Bertz CT molecular complexity index is 936. The van der Waals surface area contributed by atoms with E-state index in [0.29, 0.717) is 29.6 Å². The molecule has 0 bridgehead atoms. The average molecular weight is 368 g/mol. The molecular weight excluding hydrogens is 348 g/mol. The molecule has 0 atom stereocenters. The number of aromatic nitrogens is 2. The van der Waals surface area contributed by atoms with Crippen LogP contribution in [0.25, 0.3) is 11.5 Å². The SMILES string of the molecule is CCOc1cc(C(=O)OCc2nnc(-c3cccc(C)c3)o2)ccc1OC. The number of ether oxygens (including phenoxy) is 3. The minimum Gasteiger partial charge on any atom is -0.493 e. The molecule has 0 N–H and O–H groups in total. The standard InChI is InChI=1S/C20H20N2O5/c1-4-25-17-11-15(8-9-16(17)24-3)20(23)26-12-18-21-22-19(27-18)14-7-5-6-13(2)10-14/h5-11H,4,12H2,1-3H3. The maximum absolute atomic E-state index is 12.3. The van der Waals surface area contributed by atoms with Gasteiger partial charge in [-0.1, -0.05) is 17.7 Å². The third-order valence-electron chi connectivity index (χ3n) is 3.76. The van der Waals surface area contributed by atoms with Gasteiger partial charge >= 0.3 is 5.97 Å². The third kappa shape index (κ3) is 4.44. The van der Waals surface area contributed by atoms with E-state index in [-0.39, 0.29) is 12.5 Å². The number of rotatable bonds is 7. The first-order valence-electron chi connectivity index (χ1n) is 8.48. The molecule has 1 heterocycles. The molecule has 0 spiro atoms. The monoisotopic (exact) mass is 368 g/mol. The normalized spacial score (nSPS) is 10.5. The van der Waals surface area contributed by atoms with Crippen molar-refractivity contribution in [2.24, 2.45) is 0 Å². The first kappa shape index (κ1) is 18.4. The van der Waals surface area contributed by atoms with Crippen molar-refractivity contribution < 1.29 is 23.4 Å². The van der Waals surface area contributed by atoms with E-state index in [1.165, 1.54) is 7.11 Å². The molecule has 3 rings (SSSR count). The van der Waals surface area contributed by atoms with Gasteiger partial charge < -0.3 is 18.6 Å². The molecule has 0 saturated heterocycles.